The maximum absolute atomic E-state index is 6.40. The Labute approximate surface area is 334 Å². The van der Waals surface area contributed by atoms with Crippen molar-refractivity contribution in [3.8, 4) is 0 Å². The van der Waals surface area contributed by atoms with Crippen LogP contribution in [0.1, 0.15) is 16.7 Å². The molecule has 0 unspecified atom stereocenters. The number of fused-ring (bicyclic) bond motifs is 6. The largest absolute Gasteiger partial charge is 0.379 e. The Morgan fingerprint density at radius 2 is 0.768 bits per heavy atom. The third-order valence-electron chi connectivity index (χ3n) is 11.4. The van der Waals surface area contributed by atoms with E-state index in [4.69, 9.17) is 18.9 Å². The lowest BCUT2D eigenvalue weighted by Gasteiger charge is -2.33. The summed E-state index contributed by atoms with van der Waals surface area (Å²) in [6.07, 6.45) is 1.03. The highest BCUT2D eigenvalue weighted by Crippen LogP contribution is 2.22. The summed E-state index contributed by atoms with van der Waals surface area (Å²) in [6, 6.07) is 41.6. The molecule has 0 aliphatic carbocycles. The highest BCUT2D eigenvalue weighted by molar-refractivity contribution is 5.86. The monoisotopic (exact) mass is 758 g/mol. The molecule has 0 aromatic heterocycles. The maximum Gasteiger partial charge on any atom is 0.0594 e. The highest BCUT2D eigenvalue weighted by Gasteiger charge is 2.21. The molecule has 2 aliphatic rings. The van der Waals surface area contributed by atoms with Crippen LogP contribution >= 0.6 is 0 Å². The molecule has 2 saturated heterocycles. The van der Waals surface area contributed by atoms with E-state index in [0.717, 1.165) is 85.0 Å². The minimum absolute atomic E-state index is 0.450. The predicted octanol–water partition coefficient (Wildman–Crippen LogP) is 6.85. The second-order valence-electron chi connectivity index (χ2n) is 15.4. The van der Waals surface area contributed by atoms with Crippen molar-refractivity contribution in [1.29, 1.82) is 0 Å². The lowest BCUT2D eigenvalue weighted by atomic mass is 9.97. The molecule has 8 nitrogen and oxygen atoms in total. The van der Waals surface area contributed by atoms with Gasteiger partial charge in [0.05, 0.1) is 52.9 Å². The van der Waals surface area contributed by atoms with E-state index in [1.54, 1.807) is 0 Å². The first kappa shape index (κ1) is 40.5. The second kappa shape index (κ2) is 22.3. The molecule has 5 aromatic carbocycles. The minimum atomic E-state index is 0.450. The van der Waals surface area contributed by atoms with Crippen molar-refractivity contribution in [2.45, 2.75) is 19.5 Å². The molecule has 0 radical (unpaired) electrons. The van der Waals surface area contributed by atoms with Crippen LogP contribution in [0, 0.1) is 5.92 Å². The van der Waals surface area contributed by atoms with Crippen molar-refractivity contribution in [3.05, 3.63) is 132 Å². The van der Waals surface area contributed by atoms with E-state index < -0.39 is 0 Å². The Hall–Kier alpha value is -3.70. The zero-order valence-electron chi connectivity index (χ0n) is 33.3. The summed E-state index contributed by atoms with van der Waals surface area (Å²) in [5.74, 6) is 0.450. The zero-order chi connectivity index (χ0) is 38.0. The molecule has 2 aliphatic heterocycles. The van der Waals surface area contributed by atoms with E-state index in [-0.39, 0.29) is 0 Å². The van der Waals surface area contributed by atoms with Crippen LogP contribution in [0.4, 0.5) is 0 Å². The lowest BCUT2D eigenvalue weighted by molar-refractivity contribution is 0.0222. The van der Waals surface area contributed by atoms with Gasteiger partial charge in [-0.25, -0.2) is 0 Å². The summed E-state index contributed by atoms with van der Waals surface area (Å²) in [5, 5.41) is 5.22. The van der Waals surface area contributed by atoms with E-state index >= 15 is 0 Å². The third kappa shape index (κ3) is 12.7. The molecule has 56 heavy (non-hydrogen) atoms. The predicted molar refractivity (Wildman–Crippen MR) is 228 cm³/mol. The molecule has 0 saturated carbocycles. The van der Waals surface area contributed by atoms with Crippen LogP contribution in [0.25, 0.3) is 21.5 Å². The fourth-order valence-corrected chi connectivity index (χ4v) is 8.29. The molecule has 2 fully saturated rings. The summed E-state index contributed by atoms with van der Waals surface area (Å²) in [5.41, 5.74) is 4.09. The standard InChI is InChI=1S/C48H62N4O4/c1-2-10-41(11-3-1)36-42-37-49-20-28-53-32-24-51(39-45-16-8-14-43-12-4-6-18-47(43)45)25-33-54-29-21-50(38-42)23-31-56-35-27-52(26-34-55-30-22-49)40-46-17-9-15-44-13-5-7-19-48(44)46/h1-19,42H,20-40H2. The molecular weight excluding hydrogens is 697 g/mol. The van der Waals surface area contributed by atoms with Crippen molar-refractivity contribution < 1.29 is 18.9 Å². The van der Waals surface area contributed by atoms with Crippen LogP contribution < -0.4 is 0 Å². The zero-order valence-corrected chi connectivity index (χ0v) is 33.3. The molecule has 0 spiro atoms. The molecule has 298 valence electrons. The highest BCUT2D eigenvalue weighted by atomic mass is 16.5. The fraction of sp³-hybridized carbons (Fsp3) is 0.458. The summed E-state index contributed by atoms with van der Waals surface area (Å²) in [6.45, 7) is 16.3. The number of nitrogens with zero attached hydrogens (tertiary/aromatic N) is 4. The topological polar surface area (TPSA) is 49.9 Å². The molecule has 5 aromatic rings. The van der Waals surface area contributed by atoms with E-state index in [0.29, 0.717) is 58.8 Å². The molecule has 0 N–H and O–H groups in total. The van der Waals surface area contributed by atoms with Gasteiger partial charge in [0.2, 0.25) is 0 Å². The van der Waals surface area contributed by atoms with Gasteiger partial charge in [0, 0.05) is 78.5 Å². The molecular formula is C48H62N4O4. The first-order valence-electron chi connectivity index (χ1n) is 20.9. The molecule has 2 heterocycles. The Morgan fingerprint density at radius 3 is 1.21 bits per heavy atom. The molecule has 7 rings (SSSR count). The van der Waals surface area contributed by atoms with E-state index in [1.165, 1.54) is 38.2 Å². The quantitative estimate of drug-likeness (QED) is 0.187. The van der Waals surface area contributed by atoms with Gasteiger partial charge in [0.1, 0.15) is 0 Å². The van der Waals surface area contributed by atoms with Crippen LogP contribution in [-0.2, 0) is 38.5 Å². The first-order valence-corrected chi connectivity index (χ1v) is 20.9. The van der Waals surface area contributed by atoms with Gasteiger partial charge in [-0.15, -0.1) is 0 Å². The van der Waals surface area contributed by atoms with Crippen LogP contribution in [0.5, 0.6) is 0 Å². The van der Waals surface area contributed by atoms with Gasteiger partial charge in [0.25, 0.3) is 0 Å². The van der Waals surface area contributed by atoms with Gasteiger partial charge < -0.3 is 18.9 Å². The molecule has 0 amide bonds. The summed E-state index contributed by atoms with van der Waals surface area (Å²) >= 11 is 0. The van der Waals surface area contributed by atoms with E-state index in [2.05, 4.69) is 135 Å². The number of rotatable bonds is 6. The van der Waals surface area contributed by atoms with Gasteiger partial charge >= 0.3 is 0 Å². The number of hydrogen-bond donors (Lipinski definition) is 0. The van der Waals surface area contributed by atoms with Gasteiger partial charge in [0.15, 0.2) is 0 Å². The van der Waals surface area contributed by atoms with Crippen molar-refractivity contribution in [3.63, 3.8) is 0 Å². The van der Waals surface area contributed by atoms with Crippen LogP contribution in [-0.4, -0.2) is 138 Å². The second-order valence-corrected chi connectivity index (χ2v) is 15.4. The van der Waals surface area contributed by atoms with Crippen molar-refractivity contribution in [2.75, 3.05) is 118 Å². The summed E-state index contributed by atoms with van der Waals surface area (Å²) < 4.78 is 25.6. The van der Waals surface area contributed by atoms with E-state index in [1.807, 2.05) is 0 Å². The normalized spacial score (nSPS) is 22.8. The van der Waals surface area contributed by atoms with Gasteiger partial charge in [-0.3, -0.25) is 19.6 Å². The smallest absolute Gasteiger partial charge is 0.0594 e. The van der Waals surface area contributed by atoms with Crippen molar-refractivity contribution in [2.24, 2.45) is 5.92 Å². The Kier molecular flexibility index (Phi) is 16.1. The number of benzene rings is 5. The molecule has 0 atom stereocenters. The number of hydrogen-bond acceptors (Lipinski definition) is 8. The maximum atomic E-state index is 6.40. The lowest BCUT2D eigenvalue weighted by Crippen LogP contribution is -2.43. The van der Waals surface area contributed by atoms with Crippen LogP contribution in [0.15, 0.2) is 115 Å². The average molecular weight is 759 g/mol. The van der Waals surface area contributed by atoms with Crippen LogP contribution in [0.2, 0.25) is 0 Å². The average Bonchev–Trinajstić information content (AvgIpc) is 3.22. The van der Waals surface area contributed by atoms with E-state index in [9.17, 15) is 0 Å². The summed E-state index contributed by atoms with van der Waals surface area (Å²) in [7, 11) is 0. The fourth-order valence-electron chi connectivity index (χ4n) is 8.29. The SMILES string of the molecule is c1ccc(CC2CN3CCOCCN(Cc4cccc5ccccc45)CCOCCN(CCOCCN(Cc4cccc5ccccc45)CCOCC3)C2)cc1. The van der Waals surface area contributed by atoms with Crippen molar-refractivity contribution in [1.82, 2.24) is 19.6 Å². The summed E-state index contributed by atoms with van der Waals surface area (Å²) in [4.78, 5) is 10.1. The molecule has 2 bridgehead atoms. The Morgan fingerprint density at radius 1 is 0.393 bits per heavy atom. The Balaban J connectivity index is 1.03. The van der Waals surface area contributed by atoms with Crippen molar-refractivity contribution >= 4 is 21.5 Å². The molecule has 8 heteroatoms. The van der Waals surface area contributed by atoms with Gasteiger partial charge in [-0.2, -0.15) is 0 Å². The number of ether oxygens (including phenoxy) is 4. The van der Waals surface area contributed by atoms with Crippen LogP contribution in [0.3, 0.4) is 0 Å². The minimum Gasteiger partial charge on any atom is -0.379 e. The van der Waals surface area contributed by atoms with Gasteiger partial charge in [-0.1, -0.05) is 115 Å². The first-order chi connectivity index (χ1) is 27.8. The third-order valence-corrected chi connectivity index (χ3v) is 11.4. The van der Waals surface area contributed by atoms with Gasteiger partial charge in [-0.05, 0) is 50.6 Å². The Bertz CT molecular complexity index is 1720.